The largest absolute Gasteiger partial charge is 0.368 e. The van der Waals surface area contributed by atoms with Crippen molar-refractivity contribution < 1.29 is 0 Å². The number of halogens is 1. The van der Waals surface area contributed by atoms with Gasteiger partial charge in [0.2, 0.25) is 0 Å². The summed E-state index contributed by atoms with van der Waals surface area (Å²) in [5.41, 5.74) is 3.55. The zero-order valence-corrected chi connectivity index (χ0v) is 9.90. The van der Waals surface area contributed by atoms with E-state index in [0.717, 1.165) is 18.9 Å². The van der Waals surface area contributed by atoms with E-state index in [1.807, 2.05) is 0 Å². The molecule has 0 radical (unpaired) electrons. The fourth-order valence-corrected chi connectivity index (χ4v) is 2.07. The first-order valence-electron chi connectivity index (χ1n) is 5.21. The lowest BCUT2D eigenvalue weighted by Gasteiger charge is -2.03. The molecule has 1 aromatic heterocycles. The minimum absolute atomic E-state index is 0. The van der Waals surface area contributed by atoms with Gasteiger partial charge in [-0.05, 0) is 19.1 Å². The van der Waals surface area contributed by atoms with Gasteiger partial charge in [-0.3, -0.25) is 4.99 Å². The number of benzene rings is 1. The molecule has 1 aromatic carbocycles. The average molecular weight is 236 g/mol. The summed E-state index contributed by atoms with van der Waals surface area (Å²) in [6.45, 7) is 3.91. The number of nitrogens with one attached hydrogen (secondary N) is 2. The molecule has 2 aromatic rings. The molecule has 16 heavy (non-hydrogen) atoms. The van der Waals surface area contributed by atoms with Crippen molar-refractivity contribution in [3.05, 3.63) is 35.5 Å². The average Bonchev–Trinajstić information content (AvgIpc) is 2.82. The van der Waals surface area contributed by atoms with Crippen LogP contribution in [0.1, 0.15) is 11.3 Å². The molecule has 0 spiro atoms. The second-order valence-corrected chi connectivity index (χ2v) is 3.88. The Kier molecular flexibility index (Phi) is 2.88. The molecule has 84 valence electrons. The van der Waals surface area contributed by atoms with Crippen LogP contribution < -0.4 is 5.32 Å². The zero-order valence-electron chi connectivity index (χ0n) is 9.08. The summed E-state index contributed by atoms with van der Waals surface area (Å²) in [5.74, 6) is 1.02. The topological polar surface area (TPSA) is 40.2 Å². The van der Waals surface area contributed by atoms with Gasteiger partial charge in [0.25, 0.3) is 0 Å². The molecule has 3 nitrogen and oxygen atoms in total. The van der Waals surface area contributed by atoms with E-state index in [2.05, 4.69) is 46.5 Å². The highest BCUT2D eigenvalue weighted by Crippen LogP contribution is 2.20. The van der Waals surface area contributed by atoms with Gasteiger partial charge in [-0.1, -0.05) is 12.1 Å². The van der Waals surface area contributed by atoms with Gasteiger partial charge in [0.05, 0.1) is 12.1 Å². The Hall–Kier alpha value is -1.48. The maximum absolute atomic E-state index is 4.45. The van der Waals surface area contributed by atoms with E-state index in [9.17, 15) is 0 Å². The molecular weight excluding hydrogens is 222 g/mol. The summed E-state index contributed by atoms with van der Waals surface area (Å²) in [4.78, 5) is 7.83. The Balaban J connectivity index is 0.000000963. The van der Waals surface area contributed by atoms with Gasteiger partial charge >= 0.3 is 0 Å². The zero-order chi connectivity index (χ0) is 10.3. The van der Waals surface area contributed by atoms with Gasteiger partial charge in [-0.2, -0.15) is 0 Å². The van der Waals surface area contributed by atoms with Crippen molar-refractivity contribution in [1.29, 1.82) is 0 Å². The Morgan fingerprint density at radius 1 is 1.31 bits per heavy atom. The van der Waals surface area contributed by atoms with Crippen LogP contribution in [0.15, 0.2) is 29.3 Å². The molecule has 1 aliphatic rings. The second-order valence-electron chi connectivity index (χ2n) is 3.88. The number of aromatic amines is 1. The molecule has 0 atom stereocenters. The highest BCUT2D eigenvalue weighted by atomic mass is 35.5. The highest BCUT2D eigenvalue weighted by Gasteiger charge is 2.12. The number of hydrogen-bond acceptors (Lipinski definition) is 2. The van der Waals surface area contributed by atoms with Crippen LogP contribution in [0.3, 0.4) is 0 Å². The molecule has 3 rings (SSSR count). The molecular formula is C12H14ClN3. The lowest BCUT2D eigenvalue weighted by Crippen LogP contribution is -2.19. The summed E-state index contributed by atoms with van der Waals surface area (Å²) < 4.78 is 0. The maximum Gasteiger partial charge on any atom is 0.130 e. The molecule has 0 aliphatic carbocycles. The van der Waals surface area contributed by atoms with Gasteiger partial charge in [0, 0.05) is 23.2 Å². The number of aliphatic imine (C=N–C) groups is 1. The van der Waals surface area contributed by atoms with Crippen LogP contribution in [0.4, 0.5) is 0 Å². The lowest BCUT2D eigenvalue weighted by atomic mass is 10.1. The first-order chi connectivity index (χ1) is 7.34. The van der Waals surface area contributed by atoms with Crippen LogP contribution in [-0.4, -0.2) is 23.9 Å². The number of para-hydroxylation sites is 1. The van der Waals surface area contributed by atoms with Crippen LogP contribution in [-0.2, 0) is 0 Å². The SMILES string of the molecule is Cc1cc2cccc(C3=NCCN3)c2[nH]1.Cl. The van der Waals surface area contributed by atoms with Gasteiger partial charge < -0.3 is 10.3 Å². The summed E-state index contributed by atoms with van der Waals surface area (Å²) in [5, 5.41) is 4.56. The smallest absolute Gasteiger partial charge is 0.130 e. The number of H-pyrrole nitrogens is 1. The molecule has 0 saturated carbocycles. The number of amidine groups is 1. The van der Waals surface area contributed by atoms with Gasteiger partial charge in [0.15, 0.2) is 0 Å². The van der Waals surface area contributed by atoms with E-state index in [1.165, 1.54) is 22.2 Å². The number of fused-ring (bicyclic) bond motifs is 1. The second kappa shape index (κ2) is 4.18. The third-order valence-corrected chi connectivity index (χ3v) is 2.72. The van der Waals surface area contributed by atoms with Gasteiger partial charge in [-0.15, -0.1) is 12.4 Å². The molecule has 0 saturated heterocycles. The molecule has 0 amide bonds. The van der Waals surface area contributed by atoms with E-state index in [4.69, 9.17) is 0 Å². The van der Waals surface area contributed by atoms with Crippen LogP contribution in [0.25, 0.3) is 10.9 Å². The number of aryl methyl sites for hydroxylation is 1. The van der Waals surface area contributed by atoms with Crippen LogP contribution >= 0.6 is 12.4 Å². The Bertz CT molecular complexity index is 542. The quantitative estimate of drug-likeness (QED) is 0.782. The first kappa shape index (κ1) is 11.0. The maximum atomic E-state index is 4.45. The highest BCUT2D eigenvalue weighted by molar-refractivity contribution is 6.09. The molecule has 4 heteroatoms. The Morgan fingerprint density at radius 2 is 2.19 bits per heavy atom. The monoisotopic (exact) mass is 235 g/mol. The van der Waals surface area contributed by atoms with E-state index >= 15 is 0 Å². The molecule has 2 N–H and O–H groups in total. The van der Waals surface area contributed by atoms with Crippen molar-refractivity contribution in [2.45, 2.75) is 6.92 Å². The van der Waals surface area contributed by atoms with Crippen molar-refractivity contribution in [3.63, 3.8) is 0 Å². The van der Waals surface area contributed by atoms with Crippen LogP contribution in [0.5, 0.6) is 0 Å². The normalized spacial score (nSPS) is 14.4. The summed E-state index contributed by atoms with van der Waals surface area (Å²) in [6, 6.07) is 8.47. The first-order valence-corrected chi connectivity index (χ1v) is 5.21. The van der Waals surface area contributed by atoms with Gasteiger partial charge in [0.1, 0.15) is 5.84 Å². The van der Waals surface area contributed by atoms with E-state index in [-0.39, 0.29) is 12.4 Å². The van der Waals surface area contributed by atoms with E-state index < -0.39 is 0 Å². The summed E-state index contributed by atoms with van der Waals surface area (Å²) in [7, 11) is 0. The summed E-state index contributed by atoms with van der Waals surface area (Å²) >= 11 is 0. The van der Waals surface area contributed by atoms with E-state index in [0.29, 0.717) is 0 Å². The minimum atomic E-state index is 0. The lowest BCUT2D eigenvalue weighted by molar-refractivity contribution is 0.960. The van der Waals surface area contributed by atoms with Crippen molar-refractivity contribution in [2.75, 3.05) is 13.1 Å². The molecule has 0 unspecified atom stereocenters. The predicted octanol–water partition coefficient (Wildman–Crippen LogP) is 2.25. The van der Waals surface area contributed by atoms with Crippen LogP contribution in [0, 0.1) is 6.92 Å². The third-order valence-electron chi connectivity index (χ3n) is 2.72. The van der Waals surface area contributed by atoms with Crippen molar-refractivity contribution in [2.24, 2.45) is 4.99 Å². The molecule has 2 heterocycles. The van der Waals surface area contributed by atoms with Crippen LogP contribution in [0.2, 0.25) is 0 Å². The molecule has 1 aliphatic heterocycles. The Morgan fingerprint density at radius 3 is 2.94 bits per heavy atom. The number of rotatable bonds is 1. The predicted molar refractivity (Wildman–Crippen MR) is 69.7 cm³/mol. The van der Waals surface area contributed by atoms with Crippen molar-refractivity contribution >= 4 is 29.1 Å². The standard InChI is InChI=1S/C12H13N3.ClH/c1-8-7-9-3-2-4-10(11(9)15-8)12-13-5-6-14-12;/h2-4,7,15H,5-6H2,1H3,(H,13,14);1H. The number of aromatic nitrogens is 1. The number of hydrogen-bond donors (Lipinski definition) is 2. The molecule has 0 fully saturated rings. The third kappa shape index (κ3) is 1.67. The minimum Gasteiger partial charge on any atom is -0.368 e. The fraction of sp³-hybridized carbons (Fsp3) is 0.250. The van der Waals surface area contributed by atoms with Crippen molar-refractivity contribution in [3.8, 4) is 0 Å². The summed E-state index contributed by atoms with van der Waals surface area (Å²) in [6.07, 6.45) is 0. The Labute approximate surface area is 100 Å². The van der Waals surface area contributed by atoms with E-state index in [1.54, 1.807) is 0 Å². The fourth-order valence-electron chi connectivity index (χ4n) is 2.07. The van der Waals surface area contributed by atoms with Crippen molar-refractivity contribution in [1.82, 2.24) is 10.3 Å². The molecule has 0 bridgehead atoms. The number of nitrogens with zero attached hydrogens (tertiary/aromatic N) is 1. The van der Waals surface area contributed by atoms with Gasteiger partial charge in [-0.25, -0.2) is 0 Å².